The van der Waals surface area contributed by atoms with Crippen LogP contribution in [0.5, 0.6) is 11.5 Å². The number of hydrogen-bond acceptors (Lipinski definition) is 2. The second-order valence-electron chi connectivity index (χ2n) is 22.1. The number of pyridine rings is 1. The van der Waals surface area contributed by atoms with Gasteiger partial charge in [0.1, 0.15) is 17.3 Å². The lowest BCUT2D eigenvalue weighted by atomic mass is 9.80. The third-order valence-corrected chi connectivity index (χ3v) is 14.1. The van der Waals surface area contributed by atoms with E-state index in [9.17, 15) is 0 Å². The number of ether oxygens (including phenoxy) is 1. The van der Waals surface area contributed by atoms with Crippen molar-refractivity contribution in [3.63, 3.8) is 0 Å². The van der Waals surface area contributed by atoms with Crippen molar-refractivity contribution in [1.29, 1.82) is 0 Å². The van der Waals surface area contributed by atoms with Gasteiger partial charge in [0.05, 0.1) is 40.6 Å². The third kappa shape index (κ3) is 7.71. The molecular formula is C66H59N5O+2. The van der Waals surface area contributed by atoms with Crippen LogP contribution in [0.25, 0.3) is 66.2 Å². The fourth-order valence-corrected chi connectivity index (χ4v) is 10.2. The summed E-state index contributed by atoms with van der Waals surface area (Å²) >= 11 is 0. The number of hydrogen-bond donors (Lipinski definition) is 0. The van der Waals surface area contributed by atoms with Crippen LogP contribution >= 0.6 is 0 Å². The molecule has 352 valence electrons. The van der Waals surface area contributed by atoms with Crippen LogP contribution in [0, 0.1) is 0 Å². The quantitative estimate of drug-likeness (QED) is 0.149. The SMILES string of the molecule is [2H]c1c([2H])c([2H])c(-c2cccc3c2[N+](c2cc(C(C)(C)C)cc(C(C)(C)C)c2)=C=[N+]3c2cccc(Oc3ccc4c5cc(-n6c7ccccc7c7ccccc76)ccc5n(-c5cc(C(C)(C)C)ccn5)c4c3)c2)c([2H])c1[2H]. The van der Waals surface area contributed by atoms with Crippen LogP contribution in [-0.4, -0.2) is 20.1 Å². The molecule has 3 aromatic heterocycles. The van der Waals surface area contributed by atoms with Crippen LogP contribution in [0.4, 0.5) is 22.7 Å². The van der Waals surface area contributed by atoms with Gasteiger partial charge in [-0.3, -0.25) is 4.57 Å². The second-order valence-corrected chi connectivity index (χ2v) is 22.1. The van der Waals surface area contributed by atoms with Gasteiger partial charge in [0.2, 0.25) is 11.4 Å². The van der Waals surface area contributed by atoms with Gasteiger partial charge in [0.15, 0.2) is 0 Å². The van der Waals surface area contributed by atoms with Crippen molar-refractivity contribution in [1.82, 2.24) is 23.3 Å². The molecule has 4 heterocycles. The normalized spacial score (nSPS) is 14.0. The Morgan fingerprint density at radius 1 is 0.486 bits per heavy atom. The molecule has 0 N–H and O–H groups in total. The van der Waals surface area contributed by atoms with Gasteiger partial charge in [-0.2, -0.15) is 0 Å². The number of nitrogens with zero attached hydrogens (tertiary/aromatic N) is 5. The largest absolute Gasteiger partial charge is 0.503 e. The number of rotatable bonds is 7. The molecule has 0 spiro atoms. The van der Waals surface area contributed by atoms with E-state index < -0.39 is 6.04 Å². The molecule has 0 atom stereocenters. The summed E-state index contributed by atoms with van der Waals surface area (Å²) in [4.78, 5) is 5.00. The first kappa shape index (κ1) is 39.4. The lowest BCUT2D eigenvalue weighted by Gasteiger charge is -2.24. The Morgan fingerprint density at radius 2 is 1.12 bits per heavy atom. The number of benzene rings is 8. The van der Waals surface area contributed by atoms with Gasteiger partial charge in [-0.25, -0.2) is 4.98 Å². The van der Waals surface area contributed by atoms with Crippen molar-refractivity contribution >= 4 is 72.4 Å². The molecule has 0 amide bonds. The van der Waals surface area contributed by atoms with E-state index in [1.807, 2.05) is 63.9 Å². The van der Waals surface area contributed by atoms with Gasteiger partial charge in [-0.15, -0.1) is 0 Å². The summed E-state index contributed by atoms with van der Waals surface area (Å²) in [6, 6.07) is 56.5. The lowest BCUT2D eigenvalue weighted by Crippen LogP contribution is -2.17. The maximum absolute atomic E-state index is 9.11. The van der Waals surface area contributed by atoms with E-state index in [-0.39, 0.29) is 46.0 Å². The second kappa shape index (κ2) is 16.7. The van der Waals surface area contributed by atoms with Crippen LogP contribution in [0.3, 0.4) is 0 Å². The first-order chi connectivity index (χ1) is 36.7. The molecule has 0 fully saturated rings. The smallest absolute Gasteiger partial charge is 0.457 e. The van der Waals surface area contributed by atoms with Crippen LogP contribution in [-0.2, 0) is 16.2 Å². The van der Waals surface area contributed by atoms with Gasteiger partial charge in [0, 0.05) is 63.8 Å². The predicted molar refractivity (Wildman–Crippen MR) is 302 cm³/mol. The van der Waals surface area contributed by atoms with Crippen molar-refractivity contribution in [3.05, 3.63) is 211 Å². The Hall–Kier alpha value is -8.31. The Kier molecular flexibility index (Phi) is 9.12. The van der Waals surface area contributed by atoms with E-state index in [1.165, 1.54) is 16.3 Å². The summed E-state index contributed by atoms with van der Waals surface area (Å²) in [7, 11) is 0. The molecule has 0 saturated carbocycles. The van der Waals surface area contributed by atoms with Crippen molar-refractivity contribution in [2.24, 2.45) is 0 Å². The van der Waals surface area contributed by atoms with Crippen LogP contribution in [0.1, 0.15) is 85.9 Å². The standard InChI is InChI=1S/C66H59N5O/c1-64(2,3)44-33-34-67-62(38-44)71-59-32-29-48(70-57-26-15-13-23-53(57)54-24-14-16-27-58(54)70)40-56(59)55-31-30-51(41-61(55)71)72-50-22-17-21-47(39-50)68-42-69(49-36-45(65(4,5)6)35-46(37-49)66(7,8)9)63-52(25-18-28-60(63)68)43-19-11-10-12-20-43/h10-41H,1-9H3/q+2/i10D,11D,12D,19D,20D. The molecule has 12 rings (SSSR count). The van der Waals surface area contributed by atoms with Crippen LogP contribution < -0.4 is 13.9 Å². The molecule has 8 aromatic carbocycles. The average molecular weight is 943 g/mol. The minimum atomic E-state index is -0.436. The average Bonchev–Trinajstić information content (AvgIpc) is 4.27. The highest BCUT2D eigenvalue weighted by Gasteiger charge is 2.40. The molecule has 0 saturated heterocycles. The highest BCUT2D eigenvalue weighted by molar-refractivity contribution is 6.12. The predicted octanol–water partition coefficient (Wildman–Crippen LogP) is 17.5. The molecule has 0 bridgehead atoms. The summed E-state index contributed by atoms with van der Waals surface area (Å²) in [5.41, 5.74) is 11.9. The first-order valence-corrected chi connectivity index (χ1v) is 24.7. The molecule has 11 aromatic rings. The number of fused-ring (bicyclic) bond motifs is 7. The Morgan fingerprint density at radius 3 is 1.82 bits per heavy atom. The van der Waals surface area contributed by atoms with E-state index in [1.54, 1.807) is 0 Å². The molecular weight excluding hydrogens is 879 g/mol. The van der Waals surface area contributed by atoms with Gasteiger partial charge in [-0.1, -0.05) is 147 Å². The van der Waals surface area contributed by atoms with Gasteiger partial charge < -0.3 is 9.30 Å². The van der Waals surface area contributed by atoms with E-state index in [2.05, 4.69) is 187 Å². The fourth-order valence-electron chi connectivity index (χ4n) is 10.2. The highest BCUT2D eigenvalue weighted by Crippen LogP contribution is 2.45. The molecule has 0 aliphatic carbocycles. The van der Waals surface area contributed by atoms with Crippen molar-refractivity contribution in [3.8, 4) is 34.1 Å². The maximum atomic E-state index is 9.11. The van der Waals surface area contributed by atoms with Crippen molar-refractivity contribution < 1.29 is 11.6 Å². The summed E-state index contributed by atoms with van der Waals surface area (Å²) in [6.45, 7) is 19.8. The molecule has 72 heavy (non-hydrogen) atoms. The molecule has 0 radical (unpaired) electrons. The Bertz CT molecular complexity index is 4250. The van der Waals surface area contributed by atoms with Gasteiger partial charge in [-0.05, 0) is 114 Å². The Balaban J connectivity index is 1.02. The first-order valence-electron chi connectivity index (χ1n) is 27.2. The van der Waals surface area contributed by atoms with Crippen LogP contribution in [0.15, 0.2) is 194 Å². The van der Waals surface area contributed by atoms with E-state index in [4.69, 9.17) is 16.6 Å². The third-order valence-electron chi connectivity index (χ3n) is 14.1. The molecule has 6 heteroatoms. The maximum Gasteiger partial charge on any atom is 0.503 e. The minimum Gasteiger partial charge on any atom is -0.457 e. The number of para-hydroxylation sites is 3. The summed E-state index contributed by atoms with van der Waals surface area (Å²) in [6.07, 6.45) is 1.90. The summed E-state index contributed by atoms with van der Waals surface area (Å²) in [5.74, 6) is 2.05. The highest BCUT2D eigenvalue weighted by atomic mass is 16.5. The van der Waals surface area contributed by atoms with Crippen molar-refractivity contribution in [2.45, 2.75) is 78.6 Å². The fraction of sp³-hybridized carbons (Fsp3) is 0.182. The van der Waals surface area contributed by atoms with Gasteiger partial charge >= 0.3 is 11.7 Å². The van der Waals surface area contributed by atoms with E-state index in [0.717, 1.165) is 72.5 Å². The monoisotopic (exact) mass is 943 g/mol. The molecule has 0 unspecified atom stereocenters. The van der Waals surface area contributed by atoms with Crippen molar-refractivity contribution in [2.75, 3.05) is 0 Å². The zero-order chi connectivity index (χ0) is 54.0. The zero-order valence-corrected chi connectivity index (χ0v) is 42.2. The topological polar surface area (TPSA) is 38.0 Å². The van der Waals surface area contributed by atoms with E-state index >= 15 is 0 Å². The summed E-state index contributed by atoms with van der Waals surface area (Å²) in [5, 5.41) is 4.57. The molecule has 6 nitrogen and oxygen atoms in total. The summed E-state index contributed by atoms with van der Waals surface area (Å²) < 4.78 is 59.4. The van der Waals surface area contributed by atoms with E-state index in [0.29, 0.717) is 22.7 Å². The molecule has 1 aliphatic heterocycles. The Labute approximate surface area is 429 Å². The van der Waals surface area contributed by atoms with Crippen LogP contribution in [0.2, 0.25) is 0 Å². The zero-order valence-electron chi connectivity index (χ0n) is 47.2. The molecule has 1 aliphatic rings. The lowest BCUT2D eigenvalue weighted by molar-refractivity contribution is 0.483. The number of aromatic nitrogens is 3. The van der Waals surface area contributed by atoms with Gasteiger partial charge in [0.25, 0.3) is 5.69 Å². The minimum absolute atomic E-state index is 0.103.